The number of ketones is 1. The van der Waals surface area contributed by atoms with Gasteiger partial charge in [0.2, 0.25) is 0 Å². The predicted octanol–water partition coefficient (Wildman–Crippen LogP) is 11.7. The first kappa shape index (κ1) is 33.8. The van der Waals surface area contributed by atoms with Crippen LogP contribution in [0.2, 0.25) is 0 Å². The standard InChI is InChI=1S/C35H46O.2C2H6/c1-6-35(4,5)21-20-27-10-9-11-28(15-14-27)22-32-24-31-12-7-8-13-33(31)34(25(32)2)23-29-16-18-30(19-17-29)26(3)36;2*1-2/h6-8,12-13,16-19,27-28,32H,1,9-11,14-15,20-24H2,2-5H3;2*1-2H3. The molecule has 2 aromatic carbocycles. The SMILES string of the molecule is C=CC(C)(C)CCC1CCCC(CC2Cc3ccccc3C(Cc3ccc(C(C)=O)cc3)=C2C)CC1.CC.CC. The average molecular weight is 543 g/mol. The summed E-state index contributed by atoms with van der Waals surface area (Å²) < 4.78 is 0. The van der Waals surface area contributed by atoms with Crippen LogP contribution in [0.15, 0.2) is 66.8 Å². The molecule has 2 aromatic rings. The molecule has 1 nitrogen and oxygen atoms in total. The summed E-state index contributed by atoms with van der Waals surface area (Å²) in [5, 5.41) is 0. The Hall–Kier alpha value is -2.41. The Morgan fingerprint density at radius 1 is 0.925 bits per heavy atom. The highest BCUT2D eigenvalue weighted by Gasteiger charge is 2.28. The molecule has 40 heavy (non-hydrogen) atoms. The Kier molecular flexibility index (Phi) is 14.2. The fraction of sp³-hybridized carbons (Fsp3) is 0.564. The van der Waals surface area contributed by atoms with E-state index in [-0.39, 0.29) is 11.2 Å². The molecule has 0 aliphatic heterocycles. The number of Topliss-reactive ketones (excluding diaryl/α,β-unsaturated/α-hetero) is 1. The van der Waals surface area contributed by atoms with Gasteiger partial charge >= 0.3 is 0 Å². The van der Waals surface area contributed by atoms with Gasteiger partial charge in [-0.05, 0) is 91.4 Å². The van der Waals surface area contributed by atoms with Crippen LogP contribution in [-0.4, -0.2) is 5.78 Å². The fourth-order valence-electron chi connectivity index (χ4n) is 6.49. The van der Waals surface area contributed by atoms with Crippen molar-refractivity contribution in [1.29, 1.82) is 0 Å². The number of fused-ring (bicyclic) bond motifs is 1. The zero-order valence-corrected chi connectivity index (χ0v) is 27.1. The van der Waals surface area contributed by atoms with Crippen LogP contribution < -0.4 is 0 Å². The molecule has 1 heteroatoms. The van der Waals surface area contributed by atoms with Crippen molar-refractivity contribution in [3.05, 3.63) is 89.0 Å². The van der Waals surface area contributed by atoms with Crippen molar-refractivity contribution in [2.75, 3.05) is 0 Å². The third-order valence-electron chi connectivity index (χ3n) is 9.21. The Balaban J connectivity index is 0.00000134. The minimum absolute atomic E-state index is 0.134. The Bertz CT molecular complexity index is 1080. The number of hydrogen-bond acceptors (Lipinski definition) is 1. The number of hydrogen-bond donors (Lipinski definition) is 0. The molecule has 0 spiro atoms. The van der Waals surface area contributed by atoms with Crippen LogP contribution in [0.25, 0.3) is 5.57 Å². The second kappa shape index (κ2) is 16.8. The van der Waals surface area contributed by atoms with Crippen molar-refractivity contribution >= 4 is 11.4 Å². The monoisotopic (exact) mass is 542 g/mol. The van der Waals surface area contributed by atoms with E-state index in [2.05, 4.69) is 69.8 Å². The maximum absolute atomic E-state index is 11.7. The predicted molar refractivity (Wildman–Crippen MR) is 177 cm³/mol. The Morgan fingerprint density at radius 2 is 1.55 bits per heavy atom. The molecule has 1 saturated carbocycles. The number of carbonyl (C=O) groups excluding carboxylic acids is 1. The van der Waals surface area contributed by atoms with Gasteiger partial charge in [0.15, 0.2) is 5.78 Å². The number of allylic oxidation sites excluding steroid dienone is 3. The smallest absolute Gasteiger partial charge is 0.159 e. The molecule has 3 atom stereocenters. The number of carbonyl (C=O) groups is 1. The summed E-state index contributed by atoms with van der Waals surface area (Å²) in [5.74, 6) is 2.53. The second-order valence-corrected chi connectivity index (χ2v) is 12.4. The van der Waals surface area contributed by atoms with E-state index in [1.54, 1.807) is 12.5 Å². The van der Waals surface area contributed by atoms with Gasteiger partial charge in [-0.25, -0.2) is 0 Å². The molecular weight excluding hydrogens is 484 g/mol. The van der Waals surface area contributed by atoms with E-state index >= 15 is 0 Å². The summed E-state index contributed by atoms with van der Waals surface area (Å²) in [6.07, 6.45) is 15.2. The van der Waals surface area contributed by atoms with Gasteiger partial charge in [0, 0.05) is 5.56 Å². The van der Waals surface area contributed by atoms with E-state index in [9.17, 15) is 4.79 Å². The third kappa shape index (κ3) is 9.60. The lowest BCUT2D eigenvalue weighted by atomic mass is 9.73. The van der Waals surface area contributed by atoms with E-state index in [0.29, 0.717) is 5.92 Å². The average Bonchev–Trinajstić information content (AvgIpc) is 3.21. The zero-order valence-electron chi connectivity index (χ0n) is 27.1. The quantitative estimate of drug-likeness (QED) is 0.175. The van der Waals surface area contributed by atoms with Crippen LogP contribution in [0.5, 0.6) is 0 Å². The molecular formula is C39H58O. The Labute approximate surface area is 247 Å². The first-order valence-electron chi connectivity index (χ1n) is 16.3. The maximum atomic E-state index is 11.7. The van der Waals surface area contributed by atoms with Crippen LogP contribution in [-0.2, 0) is 12.8 Å². The molecule has 0 bridgehead atoms. The normalized spacial score (nSPS) is 20.6. The highest BCUT2D eigenvalue weighted by molar-refractivity contribution is 5.94. The lowest BCUT2D eigenvalue weighted by Crippen LogP contribution is -2.19. The van der Waals surface area contributed by atoms with Crippen LogP contribution in [0.4, 0.5) is 0 Å². The maximum Gasteiger partial charge on any atom is 0.159 e. The van der Waals surface area contributed by atoms with Gasteiger partial charge in [0.1, 0.15) is 0 Å². The largest absolute Gasteiger partial charge is 0.295 e. The number of rotatable bonds is 9. The molecule has 4 rings (SSSR count). The summed E-state index contributed by atoms with van der Waals surface area (Å²) >= 11 is 0. The van der Waals surface area contributed by atoms with Crippen LogP contribution in [0, 0.1) is 23.2 Å². The van der Waals surface area contributed by atoms with Gasteiger partial charge < -0.3 is 0 Å². The molecule has 0 N–H and O–H groups in total. The first-order valence-corrected chi connectivity index (χ1v) is 16.3. The zero-order chi connectivity index (χ0) is 29.7. The van der Waals surface area contributed by atoms with E-state index in [0.717, 1.165) is 23.8 Å². The van der Waals surface area contributed by atoms with Crippen LogP contribution in [0.3, 0.4) is 0 Å². The molecule has 0 heterocycles. The molecule has 0 saturated heterocycles. The van der Waals surface area contributed by atoms with Crippen molar-refractivity contribution in [2.45, 2.75) is 120 Å². The van der Waals surface area contributed by atoms with Gasteiger partial charge in [-0.2, -0.15) is 0 Å². The van der Waals surface area contributed by atoms with E-state index in [1.165, 1.54) is 80.1 Å². The first-order chi connectivity index (χ1) is 19.3. The van der Waals surface area contributed by atoms with Gasteiger partial charge in [-0.3, -0.25) is 4.79 Å². The molecule has 3 unspecified atom stereocenters. The molecule has 2 aliphatic rings. The summed E-state index contributed by atoms with van der Waals surface area (Å²) in [6, 6.07) is 17.3. The molecule has 220 valence electrons. The van der Waals surface area contributed by atoms with Crippen LogP contribution in [0.1, 0.15) is 134 Å². The number of benzene rings is 2. The van der Waals surface area contributed by atoms with E-state index in [4.69, 9.17) is 0 Å². The van der Waals surface area contributed by atoms with Crippen molar-refractivity contribution in [2.24, 2.45) is 23.2 Å². The lowest BCUT2D eigenvalue weighted by Gasteiger charge is -2.32. The highest BCUT2D eigenvalue weighted by atomic mass is 16.1. The fourth-order valence-corrected chi connectivity index (χ4v) is 6.49. The summed E-state index contributed by atoms with van der Waals surface area (Å²) in [6.45, 7) is 20.7. The van der Waals surface area contributed by atoms with E-state index < -0.39 is 0 Å². The van der Waals surface area contributed by atoms with Gasteiger partial charge in [-0.15, -0.1) is 6.58 Å². The Morgan fingerprint density at radius 3 is 2.20 bits per heavy atom. The van der Waals surface area contributed by atoms with Gasteiger partial charge in [0.05, 0.1) is 0 Å². The topological polar surface area (TPSA) is 17.1 Å². The highest BCUT2D eigenvalue weighted by Crippen LogP contribution is 2.42. The van der Waals surface area contributed by atoms with Crippen molar-refractivity contribution in [1.82, 2.24) is 0 Å². The van der Waals surface area contributed by atoms with Gasteiger partial charge in [0.25, 0.3) is 0 Å². The van der Waals surface area contributed by atoms with Gasteiger partial charge in [-0.1, -0.05) is 134 Å². The molecule has 0 amide bonds. The third-order valence-corrected chi connectivity index (χ3v) is 9.21. The van der Waals surface area contributed by atoms with E-state index in [1.807, 2.05) is 39.8 Å². The van der Waals surface area contributed by atoms with Crippen molar-refractivity contribution < 1.29 is 4.79 Å². The van der Waals surface area contributed by atoms with Crippen molar-refractivity contribution in [3.63, 3.8) is 0 Å². The minimum atomic E-state index is 0.134. The second-order valence-electron chi connectivity index (χ2n) is 12.4. The molecule has 0 radical (unpaired) electrons. The van der Waals surface area contributed by atoms with Crippen molar-refractivity contribution in [3.8, 4) is 0 Å². The summed E-state index contributed by atoms with van der Waals surface area (Å²) in [7, 11) is 0. The lowest BCUT2D eigenvalue weighted by molar-refractivity contribution is 0.101. The molecule has 2 aliphatic carbocycles. The summed E-state index contributed by atoms with van der Waals surface area (Å²) in [4.78, 5) is 11.7. The summed E-state index contributed by atoms with van der Waals surface area (Å²) in [5.41, 5.74) is 8.42. The molecule has 1 fully saturated rings. The van der Waals surface area contributed by atoms with Crippen LogP contribution >= 0.6 is 0 Å². The minimum Gasteiger partial charge on any atom is -0.295 e. The molecule has 0 aromatic heterocycles.